The zero-order valence-electron chi connectivity index (χ0n) is 12.7. The van der Waals surface area contributed by atoms with Crippen LogP contribution in [0, 0.1) is 17.7 Å². The number of anilines is 2. The van der Waals surface area contributed by atoms with E-state index in [2.05, 4.69) is 34.0 Å². The summed E-state index contributed by atoms with van der Waals surface area (Å²) in [4.78, 5) is 10.4. The Bertz CT molecular complexity index is 436. The molecule has 0 spiro atoms. The molecule has 1 atom stereocenters. The zero-order valence-corrected chi connectivity index (χ0v) is 12.7. The van der Waals surface area contributed by atoms with Crippen molar-refractivity contribution in [1.82, 2.24) is 9.97 Å². The molecule has 0 bridgehead atoms. The first-order chi connectivity index (χ1) is 9.61. The van der Waals surface area contributed by atoms with Crippen LogP contribution < -0.4 is 10.2 Å². The fraction of sp³-hybridized carbons (Fsp3) is 0.733. The second kappa shape index (κ2) is 6.86. The fourth-order valence-corrected chi connectivity index (χ4v) is 2.82. The van der Waals surface area contributed by atoms with Crippen LogP contribution >= 0.6 is 0 Å². The Hall–Kier alpha value is -1.39. The molecule has 0 amide bonds. The van der Waals surface area contributed by atoms with Crippen LogP contribution in [-0.4, -0.2) is 29.6 Å². The van der Waals surface area contributed by atoms with Gasteiger partial charge in [-0.15, -0.1) is 0 Å². The molecule has 0 aliphatic carbocycles. The van der Waals surface area contributed by atoms with Crippen molar-refractivity contribution in [3.63, 3.8) is 0 Å². The van der Waals surface area contributed by atoms with Gasteiger partial charge in [-0.3, -0.25) is 0 Å². The molecule has 1 fully saturated rings. The van der Waals surface area contributed by atoms with E-state index in [0.29, 0.717) is 17.7 Å². The van der Waals surface area contributed by atoms with Gasteiger partial charge in [-0.1, -0.05) is 13.8 Å². The lowest BCUT2D eigenvalue weighted by molar-refractivity contribution is 0.351. The summed E-state index contributed by atoms with van der Waals surface area (Å²) in [7, 11) is 0. The van der Waals surface area contributed by atoms with E-state index in [4.69, 9.17) is 0 Å². The Balaban J connectivity index is 2.12. The van der Waals surface area contributed by atoms with E-state index in [1.54, 1.807) is 0 Å². The molecule has 0 aromatic carbocycles. The van der Waals surface area contributed by atoms with Crippen LogP contribution in [0.2, 0.25) is 0 Å². The molecular formula is C15H25FN4. The van der Waals surface area contributed by atoms with E-state index in [1.165, 1.54) is 12.6 Å². The van der Waals surface area contributed by atoms with Crippen LogP contribution in [0.3, 0.4) is 0 Å². The van der Waals surface area contributed by atoms with Crippen molar-refractivity contribution in [3.8, 4) is 0 Å². The molecule has 1 aromatic heterocycles. The molecule has 1 unspecified atom stereocenters. The molecule has 112 valence electrons. The normalized spacial score (nSPS) is 20.1. The molecule has 4 nitrogen and oxygen atoms in total. The summed E-state index contributed by atoms with van der Waals surface area (Å²) in [5, 5.41) is 3.04. The van der Waals surface area contributed by atoms with E-state index in [-0.39, 0.29) is 5.82 Å². The average molecular weight is 280 g/mol. The number of hydrogen-bond acceptors (Lipinski definition) is 4. The third kappa shape index (κ3) is 3.58. The van der Waals surface area contributed by atoms with Crippen molar-refractivity contribution in [3.05, 3.63) is 12.0 Å². The minimum atomic E-state index is -0.324. The molecule has 1 N–H and O–H groups in total. The van der Waals surface area contributed by atoms with Crippen LogP contribution in [0.1, 0.15) is 40.0 Å². The minimum absolute atomic E-state index is 0.324. The van der Waals surface area contributed by atoms with Crippen LogP contribution in [0.15, 0.2) is 6.20 Å². The maximum absolute atomic E-state index is 14.0. The molecule has 0 saturated carbocycles. The second-order valence-corrected chi connectivity index (χ2v) is 5.82. The maximum atomic E-state index is 14.0. The van der Waals surface area contributed by atoms with Gasteiger partial charge in [0, 0.05) is 19.6 Å². The first-order valence-electron chi connectivity index (χ1n) is 7.63. The Kier molecular flexibility index (Phi) is 5.15. The molecule has 0 radical (unpaired) electrons. The van der Waals surface area contributed by atoms with Crippen LogP contribution in [0.4, 0.5) is 16.2 Å². The number of halogens is 1. The minimum Gasteiger partial charge on any atom is -0.354 e. The molecule has 20 heavy (non-hydrogen) atoms. The van der Waals surface area contributed by atoms with Gasteiger partial charge in [0.05, 0.1) is 6.20 Å². The van der Waals surface area contributed by atoms with Crippen molar-refractivity contribution >= 4 is 11.8 Å². The lowest BCUT2D eigenvalue weighted by Crippen LogP contribution is -2.27. The van der Waals surface area contributed by atoms with E-state index in [9.17, 15) is 4.39 Å². The zero-order chi connectivity index (χ0) is 14.5. The van der Waals surface area contributed by atoms with Crippen LogP contribution in [0.5, 0.6) is 0 Å². The predicted octanol–water partition coefficient (Wildman–Crippen LogP) is 3.31. The molecule has 1 aliphatic rings. The summed E-state index contributed by atoms with van der Waals surface area (Å²) >= 11 is 0. The molecule has 5 heteroatoms. The third-order valence-electron chi connectivity index (χ3n) is 4.08. The topological polar surface area (TPSA) is 41.1 Å². The molecule has 1 aliphatic heterocycles. The number of aromatic nitrogens is 2. The Morgan fingerprint density at radius 1 is 1.40 bits per heavy atom. The summed E-state index contributed by atoms with van der Waals surface area (Å²) in [5.74, 6) is 2.06. The smallest absolute Gasteiger partial charge is 0.224 e. The summed E-state index contributed by atoms with van der Waals surface area (Å²) in [6.07, 6.45) is 4.70. The average Bonchev–Trinajstić information content (AvgIpc) is 2.67. The maximum Gasteiger partial charge on any atom is 0.224 e. The summed E-state index contributed by atoms with van der Waals surface area (Å²) < 4.78 is 14.0. The third-order valence-corrected chi connectivity index (χ3v) is 4.08. The van der Waals surface area contributed by atoms with E-state index < -0.39 is 0 Å². The van der Waals surface area contributed by atoms with Gasteiger partial charge in [-0.05, 0) is 38.0 Å². The van der Waals surface area contributed by atoms with Crippen molar-refractivity contribution in [2.24, 2.45) is 11.8 Å². The highest BCUT2D eigenvalue weighted by Crippen LogP contribution is 2.27. The van der Waals surface area contributed by atoms with Gasteiger partial charge in [0.25, 0.3) is 0 Å². The highest BCUT2D eigenvalue weighted by atomic mass is 19.1. The van der Waals surface area contributed by atoms with Crippen molar-refractivity contribution in [2.75, 3.05) is 29.9 Å². The first kappa shape index (κ1) is 15.0. The van der Waals surface area contributed by atoms with Gasteiger partial charge < -0.3 is 10.2 Å². The van der Waals surface area contributed by atoms with Gasteiger partial charge in [-0.25, -0.2) is 9.37 Å². The highest BCUT2D eigenvalue weighted by molar-refractivity contribution is 5.44. The molecule has 1 saturated heterocycles. The Labute approximate surface area is 120 Å². The number of hydrogen-bond donors (Lipinski definition) is 1. The summed E-state index contributed by atoms with van der Waals surface area (Å²) in [6.45, 7) is 9.01. The van der Waals surface area contributed by atoms with Gasteiger partial charge in [0.1, 0.15) is 0 Å². The van der Waals surface area contributed by atoms with Gasteiger partial charge in [-0.2, -0.15) is 4.98 Å². The van der Waals surface area contributed by atoms with Crippen molar-refractivity contribution < 1.29 is 4.39 Å². The van der Waals surface area contributed by atoms with E-state index >= 15 is 0 Å². The summed E-state index contributed by atoms with van der Waals surface area (Å²) in [5.41, 5.74) is 0. The monoisotopic (exact) mass is 280 g/mol. The Morgan fingerprint density at radius 3 is 2.90 bits per heavy atom. The molecule has 2 heterocycles. The van der Waals surface area contributed by atoms with Gasteiger partial charge in [0.15, 0.2) is 11.6 Å². The standard InChI is InChI=1S/C15H25FN4/c1-4-17-15-18-10-13(16)14(19-15)20-8-5-6-12(7-9-20)11(2)3/h10-12H,4-9H2,1-3H3,(H,17,18,19). The van der Waals surface area contributed by atoms with Crippen LogP contribution in [0.25, 0.3) is 0 Å². The SMILES string of the molecule is CCNc1ncc(F)c(N2CCCC(C(C)C)CC2)n1. The summed E-state index contributed by atoms with van der Waals surface area (Å²) in [6, 6.07) is 0. The highest BCUT2D eigenvalue weighted by Gasteiger charge is 2.22. The van der Waals surface area contributed by atoms with Crippen LogP contribution in [-0.2, 0) is 0 Å². The lowest BCUT2D eigenvalue weighted by Gasteiger charge is -2.23. The predicted molar refractivity (Wildman–Crippen MR) is 80.5 cm³/mol. The van der Waals surface area contributed by atoms with E-state index in [1.807, 2.05) is 6.92 Å². The molecule has 1 aromatic rings. The molecule has 2 rings (SSSR count). The quantitative estimate of drug-likeness (QED) is 0.918. The van der Waals surface area contributed by atoms with Crippen molar-refractivity contribution in [1.29, 1.82) is 0 Å². The second-order valence-electron chi connectivity index (χ2n) is 5.82. The van der Waals surface area contributed by atoms with Crippen molar-refractivity contribution in [2.45, 2.75) is 40.0 Å². The van der Waals surface area contributed by atoms with E-state index in [0.717, 1.165) is 38.4 Å². The molecular weight excluding hydrogens is 255 g/mol. The number of rotatable bonds is 4. The van der Waals surface area contributed by atoms with Gasteiger partial charge >= 0.3 is 0 Å². The largest absolute Gasteiger partial charge is 0.354 e. The number of nitrogens with zero attached hydrogens (tertiary/aromatic N) is 3. The fourth-order valence-electron chi connectivity index (χ4n) is 2.82. The first-order valence-corrected chi connectivity index (χ1v) is 7.63. The Morgan fingerprint density at radius 2 is 2.20 bits per heavy atom. The number of nitrogens with one attached hydrogen (secondary N) is 1. The van der Waals surface area contributed by atoms with Gasteiger partial charge in [0.2, 0.25) is 5.95 Å². The lowest BCUT2D eigenvalue weighted by atomic mass is 9.89.